The highest BCUT2D eigenvalue weighted by atomic mass is 32.2. The molecule has 1 heterocycles. The minimum atomic E-state index is -3.99. The number of piperidine rings is 1. The first-order valence-electron chi connectivity index (χ1n) is 9.68. The van der Waals surface area contributed by atoms with Crippen molar-refractivity contribution in [2.24, 2.45) is 5.92 Å². The highest BCUT2D eigenvalue weighted by molar-refractivity contribution is 7.89. The second-order valence-corrected chi connectivity index (χ2v) is 9.43. The first-order chi connectivity index (χ1) is 14.6. The summed E-state index contributed by atoms with van der Waals surface area (Å²) >= 11 is 0. The first kappa shape index (κ1) is 22.8. The van der Waals surface area contributed by atoms with Crippen molar-refractivity contribution >= 4 is 27.5 Å². The van der Waals surface area contributed by atoms with Gasteiger partial charge in [0, 0.05) is 33.1 Å². The maximum absolute atomic E-state index is 13.5. The van der Waals surface area contributed by atoms with Crippen LogP contribution in [0.4, 0.5) is 14.5 Å². The summed E-state index contributed by atoms with van der Waals surface area (Å²) in [5, 5.41) is 2.77. The van der Waals surface area contributed by atoms with Gasteiger partial charge >= 0.3 is 0 Å². The lowest BCUT2D eigenvalue weighted by molar-refractivity contribution is -0.120. The van der Waals surface area contributed by atoms with Crippen LogP contribution in [-0.4, -0.2) is 56.6 Å². The SMILES string of the molecule is CN(C)C(=O)c1ccccc1NC(=O)C1CCN(S(=O)(=O)c2ccc(F)c(F)c2)CC1. The summed E-state index contributed by atoms with van der Waals surface area (Å²) in [7, 11) is -0.762. The van der Waals surface area contributed by atoms with Crippen LogP contribution in [0.5, 0.6) is 0 Å². The number of para-hydroxylation sites is 1. The van der Waals surface area contributed by atoms with Gasteiger partial charge in [-0.05, 0) is 43.2 Å². The lowest BCUT2D eigenvalue weighted by atomic mass is 9.97. The number of halogens is 2. The average Bonchev–Trinajstić information content (AvgIpc) is 2.75. The number of nitrogens with zero attached hydrogens (tertiary/aromatic N) is 2. The monoisotopic (exact) mass is 451 g/mol. The molecule has 2 amide bonds. The number of carbonyl (C=O) groups excluding carboxylic acids is 2. The van der Waals surface area contributed by atoms with E-state index in [4.69, 9.17) is 0 Å². The van der Waals surface area contributed by atoms with E-state index >= 15 is 0 Å². The van der Waals surface area contributed by atoms with Gasteiger partial charge in [-0.25, -0.2) is 17.2 Å². The van der Waals surface area contributed by atoms with E-state index in [1.165, 1.54) is 4.90 Å². The predicted molar refractivity (Wildman–Crippen MR) is 111 cm³/mol. The van der Waals surface area contributed by atoms with Crippen LogP contribution in [0.25, 0.3) is 0 Å². The van der Waals surface area contributed by atoms with E-state index in [2.05, 4.69) is 5.32 Å². The predicted octanol–water partition coefficient (Wildman–Crippen LogP) is 2.71. The van der Waals surface area contributed by atoms with E-state index in [1.807, 2.05) is 0 Å². The number of sulfonamides is 1. The normalized spacial score (nSPS) is 15.5. The molecule has 2 aromatic rings. The minimum absolute atomic E-state index is 0.0672. The largest absolute Gasteiger partial charge is 0.345 e. The third-order valence-electron chi connectivity index (χ3n) is 5.18. The molecule has 0 saturated carbocycles. The Bertz CT molecular complexity index is 1100. The van der Waals surface area contributed by atoms with Crippen molar-refractivity contribution in [3.8, 4) is 0 Å². The molecular weight excluding hydrogens is 428 g/mol. The van der Waals surface area contributed by atoms with Crippen LogP contribution in [0.3, 0.4) is 0 Å². The molecule has 1 saturated heterocycles. The summed E-state index contributed by atoms with van der Waals surface area (Å²) in [6.45, 7) is 0.134. The van der Waals surface area contributed by atoms with Crippen molar-refractivity contribution in [1.29, 1.82) is 0 Å². The zero-order valence-electron chi connectivity index (χ0n) is 17.1. The molecule has 2 aromatic carbocycles. The van der Waals surface area contributed by atoms with Gasteiger partial charge < -0.3 is 10.2 Å². The number of amides is 2. The molecule has 3 rings (SSSR count). The van der Waals surface area contributed by atoms with E-state index < -0.39 is 27.6 Å². The number of nitrogens with one attached hydrogen (secondary N) is 1. The molecule has 0 spiro atoms. The van der Waals surface area contributed by atoms with Gasteiger partial charge in [-0.15, -0.1) is 0 Å². The summed E-state index contributed by atoms with van der Waals surface area (Å²) in [4.78, 5) is 26.1. The summed E-state index contributed by atoms with van der Waals surface area (Å²) in [6, 6.07) is 9.11. The van der Waals surface area contributed by atoms with Crippen molar-refractivity contribution in [3.63, 3.8) is 0 Å². The highest BCUT2D eigenvalue weighted by Gasteiger charge is 2.33. The van der Waals surface area contributed by atoms with Crippen LogP contribution in [0.1, 0.15) is 23.2 Å². The lowest BCUT2D eigenvalue weighted by Crippen LogP contribution is -2.41. The van der Waals surface area contributed by atoms with Gasteiger partial charge in [-0.2, -0.15) is 4.31 Å². The average molecular weight is 451 g/mol. The van der Waals surface area contributed by atoms with E-state index in [1.54, 1.807) is 38.4 Å². The van der Waals surface area contributed by atoms with Gasteiger partial charge in [0.1, 0.15) is 0 Å². The Labute approximate surface area is 179 Å². The molecule has 0 bridgehead atoms. The molecule has 0 atom stereocenters. The van der Waals surface area contributed by atoms with Crippen molar-refractivity contribution in [1.82, 2.24) is 9.21 Å². The lowest BCUT2D eigenvalue weighted by Gasteiger charge is -2.30. The Balaban J connectivity index is 1.67. The molecule has 0 unspecified atom stereocenters. The Hall–Kier alpha value is -2.85. The zero-order valence-corrected chi connectivity index (χ0v) is 18.0. The van der Waals surface area contributed by atoms with E-state index in [-0.39, 0.29) is 42.6 Å². The Morgan fingerprint density at radius 2 is 1.68 bits per heavy atom. The topological polar surface area (TPSA) is 86.8 Å². The second kappa shape index (κ2) is 9.11. The maximum atomic E-state index is 13.5. The van der Waals surface area contributed by atoms with Crippen LogP contribution in [0.15, 0.2) is 47.4 Å². The summed E-state index contributed by atoms with van der Waals surface area (Å²) in [6.07, 6.45) is 0.525. The summed E-state index contributed by atoms with van der Waals surface area (Å²) < 4.78 is 53.1. The van der Waals surface area contributed by atoms with Gasteiger partial charge in [0.15, 0.2) is 11.6 Å². The zero-order chi connectivity index (χ0) is 22.8. The highest BCUT2D eigenvalue weighted by Crippen LogP contribution is 2.26. The molecule has 1 fully saturated rings. The fourth-order valence-corrected chi connectivity index (χ4v) is 4.88. The minimum Gasteiger partial charge on any atom is -0.345 e. The molecule has 166 valence electrons. The molecule has 0 radical (unpaired) electrons. The molecule has 0 aliphatic carbocycles. The van der Waals surface area contributed by atoms with Gasteiger partial charge in [0.2, 0.25) is 15.9 Å². The molecule has 1 N–H and O–H groups in total. The number of hydrogen-bond acceptors (Lipinski definition) is 4. The first-order valence-corrected chi connectivity index (χ1v) is 11.1. The van der Waals surface area contributed by atoms with Crippen LogP contribution in [0, 0.1) is 17.6 Å². The maximum Gasteiger partial charge on any atom is 0.255 e. The number of hydrogen-bond donors (Lipinski definition) is 1. The van der Waals surface area contributed by atoms with Gasteiger partial charge in [0.25, 0.3) is 5.91 Å². The molecule has 1 aliphatic heterocycles. The standard InChI is InChI=1S/C21H23F2N3O4S/c1-25(2)21(28)16-5-3-4-6-19(16)24-20(27)14-9-11-26(12-10-14)31(29,30)15-7-8-17(22)18(23)13-15/h3-8,13-14H,9-12H2,1-2H3,(H,24,27). The fourth-order valence-electron chi connectivity index (χ4n) is 3.40. The van der Waals surface area contributed by atoms with E-state index in [0.29, 0.717) is 17.3 Å². The molecule has 1 aliphatic rings. The second-order valence-electron chi connectivity index (χ2n) is 7.49. The van der Waals surface area contributed by atoms with Crippen LogP contribution in [0.2, 0.25) is 0 Å². The van der Waals surface area contributed by atoms with Crippen LogP contribution < -0.4 is 5.32 Å². The Morgan fingerprint density at radius 1 is 1.03 bits per heavy atom. The van der Waals surface area contributed by atoms with Crippen molar-refractivity contribution in [2.75, 3.05) is 32.5 Å². The molecule has 10 heteroatoms. The van der Waals surface area contributed by atoms with Crippen LogP contribution in [-0.2, 0) is 14.8 Å². The fraction of sp³-hybridized carbons (Fsp3) is 0.333. The number of benzene rings is 2. The quantitative estimate of drug-likeness (QED) is 0.757. The summed E-state index contributed by atoms with van der Waals surface area (Å²) in [5.74, 6) is -3.35. The number of anilines is 1. The van der Waals surface area contributed by atoms with Gasteiger partial charge in [-0.1, -0.05) is 12.1 Å². The van der Waals surface area contributed by atoms with Crippen molar-refractivity contribution in [3.05, 3.63) is 59.7 Å². The van der Waals surface area contributed by atoms with Crippen molar-refractivity contribution < 1.29 is 26.8 Å². The van der Waals surface area contributed by atoms with Crippen LogP contribution >= 0.6 is 0 Å². The summed E-state index contributed by atoms with van der Waals surface area (Å²) in [5.41, 5.74) is 0.752. The third-order valence-corrected chi connectivity index (χ3v) is 7.07. The number of carbonyl (C=O) groups is 2. The molecule has 7 nitrogen and oxygen atoms in total. The molecule has 0 aromatic heterocycles. The third kappa shape index (κ3) is 4.91. The molecule has 31 heavy (non-hydrogen) atoms. The van der Waals surface area contributed by atoms with Gasteiger partial charge in [0.05, 0.1) is 16.1 Å². The van der Waals surface area contributed by atoms with E-state index in [0.717, 1.165) is 16.4 Å². The number of rotatable bonds is 5. The molecular formula is C21H23F2N3O4S. The Morgan fingerprint density at radius 3 is 2.29 bits per heavy atom. The van der Waals surface area contributed by atoms with Crippen molar-refractivity contribution in [2.45, 2.75) is 17.7 Å². The smallest absolute Gasteiger partial charge is 0.255 e. The Kier molecular flexibility index (Phi) is 6.71. The van der Waals surface area contributed by atoms with E-state index in [9.17, 15) is 26.8 Å². The van der Waals surface area contributed by atoms with Gasteiger partial charge in [-0.3, -0.25) is 9.59 Å².